The van der Waals surface area contributed by atoms with E-state index >= 15 is 0 Å². The van der Waals surface area contributed by atoms with Gasteiger partial charge < -0.3 is 15.2 Å². The van der Waals surface area contributed by atoms with E-state index in [9.17, 15) is 5.26 Å². The smallest absolute Gasteiger partial charge is 0.237 e. The van der Waals surface area contributed by atoms with Crippen LogP contribution < -0.4 is 10.1 Å². The molecule has 0 aliphatic rings. The normalized spacial score (nSPS) is 10.6. The molecule has 0 radical (unpaired) electrons. The summed E-state index contributed by atoms with van der Waals surface area (Å²) in [5, 5.41) is 26.6. The minimum atomic E-state index is -0.0836. The molecular weight excluding hydrogens is 538 g/mol. The molecule has 7 nitrogen and oxygen atoms in total. The number of rotatable bonds is 11. The van der Waals surface area contributed by atoms with Gasteiger partial charge in [0.05, 0.1) is 24.4 Å². The van der Waals surface area contributed by atoms with Gasteiger partial charge in [0, 0.05) is 33.8 Å². The number of nitrogens with zero attached hydrogens (tertiary/aromatic N) is 4. The second-order valence-electron chi connectivity index (χ2n) is 8.05. The molecule has 4 aromatic rings. The van der Waals surface area contributed by atoms with Crippen LogP contribution in [0, 0.1) is 17.9 Å². The van der Waals surface area contributed by atoms with Crippen molar-refractivity contribution in [3.05, 3.63) is 81.6 Å². The van der Waals surface area contributed by atoms with Crippen molar-refractivity contribution in [2.24, 2.45) is 0 Å². The number of aliphatic hydroxyl groups excluding tert-OH is 1. The van der Waals surface area contributed by atoms with Gasteiger partial charge in [-0.3, -0.25) is 0 Å². The first-order valence-electron chi connectivity index (χ1n) is 11.8. The molecule has 2 aromatic carbocycles. The molecule has 2 N–H and O–H groups in total. The van der Waals surface area contributed by atoms with Gasteiger partial charge in [-0.1, -0.05) is 54.6 Å². The third kappa shape index (κ3) is 6.45. The number of thiazole rings is 1. The Bertz CT molecular complexity index is 1480. The van der Waals surface area contributed by atoms with Crippen molar-refractivity contribution in [2.75, 3.05) is 25.1 Å². The fourth-order valence-corrected chi connectivity index (χ4v) is 5.58. The fraction of sp³-hybridized carbons (Fsp3) is 0.214. The molecule has 0 unspecified atom stereocenters. The van der Waals surface area contributed by atoms with Crippen LogP contribution in [-0.4, -0.2) is 34.8 Å². The van der Waals surface area contributed by atoms with E-state index in [-0.39, 0.29) is 13.2 Å². The van der Waals surface area contributed by atoms with Gasteiger partial charge in [0.2, 0.25) is 5.69 Å². The molecule has 0 fully saturated rings. The van der Waals surface area contributed by atoms with Crippen LogP contribution in [0.3, 0.4) is 0 Å². The first kappa shape index (κ1) is 27.4. The molecule has 4 rings (SSSR count). The quantitative estimate of drug-likeness (QED) is 0.145. The van der Waals surface area contributed by atoms with E-state index in [2.05, 4.69) is 16.2 Å². The highest BCUT2D eigenvalue weighted by Crippen LogP contribution is 2.43. The highest BCUT2D eigenvalue weighted by molar-refractivity contribution is 7.98. The summed E-state index contributed by atoms with van der Waals surface area (Å²) >= 11 is 8.98. The maximum Gasteiger partial charge on any atom is 0.237 e. The Morgan fingerprint density at radius 2 is 1.89 bits per heavy atom. The Kier molecular flexibility index (Phi) is 9.58. The molecule has 0 spiro atoms. The predicted octanol–water partition coefficient (Wildman–Crippen LogP) is 7.43. The fourth-order valence-electron chi connectivity index (χ4n) is 3.64. The van der Waals surface area contributed by atoms with Gasteiger partial charge in [0.25, 0.3) is 0 Å². The van der Waals surface area contributed by atoms with Crippen LogP contribution in [0.4, 0.5) is 11.5 Å². The van der Waals surface area contributed by atoms with Gasteiger partial charge in [0.15, 0.2) is 0 Å². The number of aromatic nitrogens is 2. The lowest BCUT2D eigenvalue weighted by Gasteiger charge is -2.16. The summed E-state index contributed by atoms with van der Waals surface area (Å²) in [6, 6.07) is 17.0. The topological polar surface area (TPSA) is 95.4 Å². The number of hydrogen-bond donors (Lipinski definition) is 2. The number of anilines is 1. The largest absolute Gasteiger partial charge is 0.491 e. The third-order valence-corrected chi connectivity index (χ3v) is 7.61. The number of nitriles is 1. The van der Waals surface area contributed by atoms with E-state index < -0.39 is 0 Å². The van der Waals surface area contributed by atoms with Crippen molar-refractivity contribution in [2.45, 2.75) is 24.1 Å². The van der Waals surface area contributed by atoms with Crippen LogP contribution >= 0.6 is 34.7 Å². The molecule has 0 saturated heterocycles. The zero-order chi connectivity index (χ0) is 26.9. The average Bonchev–Trinajstić information content (AvgIpc) is 3.43. The van der Waals surface area contributed by atoms with Crippen LogP contribution in [0.1, 0.15) is 24.6 Å². The molecule has 38 heavy (non-hydrogen) atoms. The maximum atomic E-state index is 10.2. The van der Waals surface area contributed by atoms with Gasteiger partial charge in [-0.05, 0) is 36.2 Å². The van der Waals surface area contributed by atoms with Crippen LogP contribution in [0.15, 0.2) is 58.9 Å². The number of hydrogen-bond acceptors (Lipinski definition) is 8. The molecule has 0 saturated carbocycles. The van der Waals surface area contributed by atoms with Crippen LogP contribution in [-0.2, 0) is 5.75 Å². The molecule has 10 heteroatoms. The Balaban J connectivity index is 1.69. The summed E-state index contributed by atoms with van der Waals surface area (Å²) in [4.78, 5) is 13.2. The molecule has 0 bridgehead atoms. The van der Waals surface area contributed by atoms with Crippen LogP contribution in [0.2, 0.25) is 5.02 Å². The first-order valence-corrected chi connectivity index (χ1v) is 14.1. The lowest BCUT2D eigenvalue weighted by atomic mass is 9.99. The Morgan fingerprint density at radius 1 is 1.16 bits per heavy atom. The van der Waals surface area contributed by atoms with Crippen molar-refractivity contribution >= 4 is 46.2 Å². The lowest BCUT2D eigenvalue weighted by Crippen LogP contribution is -2.05. The zero-order valence-corrected chi connectivity index (χ0v) is 23.0. The van der Waals surface area contributed by atoms with Gasteiger partial charge in [-0.25, -0.2) is 14.8 Å². The summed E-state index contributed by atoms with van der Waals surface area (Å²) in [7, 11) is 0. The molecule has 0 atom stereocenters. The Labute approximate surface area is 234 Å². The summed E-state index contributed by atoms with van der Waals surface area (Å²) in [5.74, 6) is 1.57. The van der Waals surface area contributed by atoms with E-state index in [1.54, 1.807) is 23.5 Å². The highest BCUT2D eigenvalue weighted by Gasteiger charge is 2.22. The van der Waals surface area contributed by atoms with Crippen molar-refractivity contribution < 1.29 is 9.84 Å². The number of benzene rings is 2. The second kappa shape index (κ2) is 13.3. The minimum absolute atomic E-state index is 0.0836. The summed E-state index contributed by atoms with van der Waals surface area (Å²) in [5.41, 5.74) is 3.77. The van der Waals surface area contributed by atoms with Gasteiger partial charge in [-0.15, -0.1) is 11.3 Å². The molecule has 0 aliphatic carbocycles. The SMILES string of the molecule is [C-]#[N+]c1c(NCCC)nc(SCc2csc(-c3ccc(Cl)cc3)n2)c(C#N)c1-c1ccc(OCCO)cc1. The number of aliphatic hydroxyl groups is 1. The maximum absolute atomic E-state index is 10.2. The lowest BCUT2D eigenvalue weighted by molar-refractivity contribution is 0.201. The zero-order valence-electron chi connectivity index (χ0n) is 20.6. The molecule has 0 amide bonds. The molecule has 2 aromatic heterocycles. The first-order chi connectivity index (χ1) is 18.6. The van der Waals surface area contributed by atoms with Crippen LogP contribution in [0.5, 0.6) is 5.75 Å². The Morgan fingerprint density at radius 3 is 2.55 bits per heavy atom. The number of thioether (sulfide) groups is 1. The number of ether oxygens (including phenoxy) is 1. The average molecular weight is 562 g/mol. The van der Waals surface area contributed by atoms with Crippen molar-refractivity contribution in [3.8, 4) is 33.5 Å². The Hall–Kier alpha value is -3.60. The van der Waals surface area contributed by atoms with Crippen molar-refractivity contribution in [1.82, 2.24) is 9.97 Å². The van der Waals surface area contributed by atoms with E-state index in [4.69, 9.17) is 38.0 Å². The molecule has 2 heterocycles. The van der Waals surface area contributed by atoms with E-state index in [0.29, 0.717) is 56.3 Å². The third-order valence-electron chi connectivity index (χ3n) is 5.41. The predicted molar refractivity (Wildman–Crippen MR) is 154 cm³/mol. The van der Waals surface area contributed by atoms with Gasteiger partial charge in [-0.2, -0.15) is 5.26 Å². The van der Waals surface area contributed by atoms with Crippen LogP contribution in [0.25, 0.3) is 26.5 Å². The summed E-state index contributed by atoms with van der Waals surface area (Å²) in [6.07, 6.45) is 0.861. The second-order valence-corrected chi connectivity index (χ2v) is 10.3. The molecular formula is C28H24ClN5O2S2. The monoisotopic (exact) mass is 561 g/mol. The molecule has 0 aliphatic heterocycles. The van der Waals surface area contributed by atoms with Crippen molar-refractivity contribution in [3.63, 3.8) is 0 Å². The van der Waals surface area contributed by atoms with E-state index in [1.165, 1.54) is 11.8 Å². The molecule has 192 valence electrons. The highest BCUT2D eigenvalue weighted by atomic mass is 35.5. The number of nitrogens with one attached hydrogen (secondary N) is 1. The summed E-state index contributed by atoms with van der Waals surface area (Å²) in [6.45, 7) is 10.7. The minimum Gasteiger partial charge on any atom is -0.491 e. The van der Waals surface area contributed by atoms with E-state index in [1.807, 2.05) is 48.7 Å². The van der Waals surface area contributed by atoms with Gasteiger partial charge >= 0.3 is 0 Å². The van der Waals surface area contributed by atoms with E-state index in [0.717, 1.165) is 22.7 Å². The standard InChI is InChI=1S/C28H24ClN5O2S2/c1-3-12-32-26-25(31-2)24(18-6-10-22(11-7-18)36-14-13-35)23(15-30)28(34-26)38-17-21-16-37-27(33-21)19-4-8-20(29)9-5-19/h4-11,16,35H,3,12-14,17H2,1H3,(H,32,34). The number of halogens is 1. The number of pyridine rings is 1. The van der Waals surface area contributed by atoms with Gasteiger partial charge in [0.1, 0.15) is 34.3 Å². The summed E-state index contributed by atoms with van der Waals surface area (Å²) < 4.78 is 5.47. The van der Waals surface area contributed by atoms with Crippen molar-refractivity contribution in [1.29, 1.82) is 5.26 Å².